The molecule has 0 aliphatic carbocycles. The number of halogens is 5. The molecule has 1 heterocycles. The molecule has 0 spiro atoms. The van der Waals surface area contributed by atoms with Gasteiger partial charge in [-0.1, -0.05) is 0 Å². The second-order valence-corrected chi connectivity index (χ2v) is 4.90. The van der Waals surface area contributed by atoms with Crippen LogP contribution < -0.4 is 10.9 Å². The molecule has 0 saturated heterocycles. The number of primary sulfonamides is 1. The predicted octanol–water partition coefficient (Wildman–Crippen LogP) is 1.14. The van der Waals surface area contributed by atoms with Gasteiger partial charge in [-0.05, 0) is 6.07 Å². The van der Waals surface area contributed by atoms with Crippen LogP contribution in [0.2, 0.25) is 0 Å². The smallest absolute Gasteiger partial charge is 0.325 e. The zero-order valence-electron chi connectivity index (χ0n) is 9.08. The highest BCUT2D eigenvalue weighted by Gasteiger charge is 2.39. The molecule has 0 bridgehead atoms. The first kappa shape index (κ1) is 15.7. The summed E-state index contributed by atoms with van der Waals surface area (Å²) in [6, 6.07) is -0.000394. The maximum Gasteiger partial charge on any atom is 0.419 e. The van der Waals surface area contributed by atoms with Gasteiger partial charge >= 0.3 is 6.18 Å². The minimum Gasteiger partial charge on any atom is -0.325 e. The van der Waals surface area contributed by atoms with Crippen molar-refractivity contribution >= 4 is 10.0 Å². The van der Waals surface area contributed by atoms with Crippen molar-refractivity contribution in [2.45, 2.75) is 24.2 Å². The molecule has 11 heteroatoms. The lowest BCUT2D eigenvalue weighted by atomic mass is 10.1. The summed E-state index contributed by atoms with van der Waals surface area (Å²) < 4.78 is 85.1. The summed E-state index contributed by atoms with van der Waals surface area (Å²) in [5.41, 5.74) is 1.46. The van der Waals surface area contributed by atoms with Crippen molar-refractivity contribution in [2.75, 3.05) is 0 Å². The summed E-state index contributed by atoms with van der Waals surface area (Å²) in [7, 11) is -4.82. The van der Waals surface area contributed by atoms with Gasteiger partial charge in [-0.2, -0.15) is 13.2 Å². The number of nitrogens with two attached hydrogens (primary N) is 2. The summed E-state index contributed by atoms with van der Waals surface area (Å²) in [5, 5.41) is 3.06. The fraction of sp³-hybridized carbons (Fsp3) is 0.375. The van der Waals surface area contributed by atoms with E-state index in [-0.39, 0.29) is 6.07 Å². The average molecular weight is 305 g/mol. The topological polar surface area (TPSA) is 99.1 Å². The number of hydrogen-bond donors (Lipinski definition) is 2. The van der Waals surface area contributed by atoms with Gasteiger partial charge in [-0.3, -0.25) is 0 Å². The Morgan fingerprint density at radius 3 is 2.16 bits per heavy atom. The van der Waals surface area contributed by atoms with Crippen LogP contribution in [0.3, 0.4) is 0 Å². The minimum atomic E-state index is -5.19. The molecule has 0 aromatic carbocycles. The molecule has 0 amide bonds. The van der Waals surface area contributed by atoms with Crippen molar-refractivity contribution < 1.29 is 30.4 Å². The largest absolute Gasteiger partial charge is 0.419 e. The Bertz CT molecular complexity index is 585. The van der Waals surface area contributed by atoms with E-state index in [9.17, 15) is 30.4 Å². The molecule has 0 aliphatic heterocycles. The second-order valence-electron chi connectivity index (χ2n) is 3.42. The Hall–Kier alpha value is -1.33. The van der Waals surface area contributed by atoms with E-state index in [1.54, 1.807) is 0 Å². The molecule has 0 atom stereocenters. The van der Waals surface area contributed by atoms with Gasteiger partial charge in [0.1, 0.15) is 0 Å². The standard InChI is InChI=1S/C8H8F5N3O2S/c9-6(10)3-1-4(8(11,12)13)7(19(15,17)18)16-5(3)2-14/h1,6H,2,14H2,(H2,15,17,18). The summed E-state index contributed by atoms with van der Waals surface area (Å²) >= 11 is 0. The van der Waals surface area contributed by atoms with Crippen molar-refractivity contribution in [2.24, 2.45) is 10.9 Å². The lowest BCUT2D eigenvalue weighted by molar-refractivity contribution is -0.140. The lowest BCUT2D eigenvalue weighted by Crippen LogP contribution is -2.23. The Balaban J connectivity index is 3.73. The third-order valence-corrected chi connectivity index (χ3v) is 2.95. The average Bonchev–Trinajstić information content (AvgIpc) is 2.24. The van der Waals surface area contributed by atoms with E-state index < -0.39 is 51.0 Å². The van der Waals surface area contributed by atoms with Crippen LogP contribution in [0.15, 0.2) is 11.1 Å². The number of alkyl halides is 5. The monoisotopic (exact) mass is 305 g/mol. The third kappa shape index (κ3) is 3.36. The van der Waals surface area contributed by atoms with Crippen LogP contribution in [-0.2, 0) is 22.7 Å². The molecular weight excluding hydrogens is 297 g/mol. The van der Waals surface area contributed by atoms with Crippen molar-refractivity contribution in [3.63, 3.8) is 0 Å². The number of hydrogen-bond acceptors (Lipinski definition) is 4. The van der Waals surface area contributed by atoms with E-state index in [0.717, 1.165) is 0 Å². The molecule has 1 rings (SSSR count). The van der Waals surface area contributed by atoms with Crippen molar-refractivity contribution in [3.05, 3.63) is 22.9 Å². The number of pyridine rings is 1. The van der Waals surface area contributed by atoms with Crippen LogP contribution >= 0.6 is 0 Å². The molecular formula is C8H8F5N3O2S. The molecule has 4 N–H and O–H groups in total. The summed E-state index contributed by atoms with van der Waals surface area (Å²) in [6.07, 6.45) is -8.47. The predicted molar refractivity (Wildman–Crippen MR) is 53.5 cm³/mol. The van der Waals surface area contributed by atoms with Gasteiger partial charge in [-0.15, -0.1) is 0 Å². The van der Waals surface area contributed by atoms with Crippen molar-refractivity contribution in [1.82, 2.24) is 4.98 Å². The van der Waals surface area contributed by atoms with Crippen LogP contribution in [0.5, 0.6) is 0 Å². The van der Waals surface area contributed by atoms with Gasteiger partial charge in [0.2, 0.25) is 0 Å². The summed E-state index contributed by atoms with van der Waals surface area (Å²) in [4.78, 5) is 3.01. The molecule has 19 heavy (non-hydrogen) atoms. The molecule has 1 aromatic rings. The molecule has 0 saturated carbocycles. The zero-order valence-corrected chi connectivity index (χ0v) is 9.89. The SMILES string of the molecule is NCc1nc(S(N)(=O)=O)c(C(F)(F)F)cc1C(F)F. The van der Waals surface area contributed by atoms with Gasteiger partial charge in [0.15, 0.2) is 5.03 Å². The second kappa shape index (κ2) is 4.98. The highest BCUT2D eigenvalue weighted by Crippen LogP contribution is 2.36. The number of rotatable bonds is 3. The number of aromatic nitrogens is 1. The van der Waals surface area contributed by atoms with E-state index in [1.807, 2.05) is 0 Å². The van der Waals surface area contributed by atoms with Crippen molar-refractivity contribution in [3.8, 4) is 0 Å². The van der Waals surface area contributed by atoms with E-state index in [1.165, 1.54) is 0 Å². The van der Waals surface area contributed by atoms with Crippen molar-refractivity contribution in [1.29, 1.82) is 0 Å². The van der Waals surface area contributed by atoms with Crippen LogP contribution in [-0.4, -0.2) is 13.4 Å². The maximum absolute atomic E-state index is 12.6. The minimum absolute atomic E-state index is 0.000394. The molecule has 0 fully saturated rings. The fourth-order valence-electron chi connectivity index (χ4n) is 1.32. The summed E-state index contributed by atoms with van der Waals surface area (Å²) in [6.45, 7) is -0.652. The highest BCUT2D eigenvalue weighted by atomic mass is 32.2. The molecule has 0 radical (unpaired) electrons. The first-order chi connectivity index (χ1) is 8.48. The third-order valence-electron chi connectivity index (χ3n) is 2.10. The Kier molecular flexibility index (Phi) is 4.12. The van der Waals surface area contributed by atoms with Crippen LogP contribution in [0, 0.1) is 0 Å². The number of nitrogens with zero attached hydrogens (tertiary/aromatic N) is 1. The zero-order chi connectivity index (χ0) is 15.0. The van der Waals surface area contributed by atoms with Crippen LogP contribution in [0.4, 0.5) is 22.0 Å². The van der Waals surface area contributed by atoms with E-state index in [2.05, 4.69) is 10.1 Å². The highest BCUT2D eigenvalue weighted by molar-refractivity contribution is 7.89. The van der Waals surface area contributed by atoms with Gasteiger partial charge in [-0.25, -0.2) is 27.3 Å². The van der Waals surface area contributed by atoms with E-state index >= 15 is 0 Å². The molecule has 0 aliphatic rings. The molecule has 0 unspecified atom stereocenters. The first-order valence-electron chi connectivity index (χ1n) is 4.60. The molecule has 1 aromatic heterocycles. The van der Waals surface area contributed by atoms with Gasteiger partial charge in [0, 0.05) is 12.1 Å². The van der Waals surface area contributed by atoms with Gasteiger partial charge in [0.05, 0.1) is 11.3 Å². The van der Waals surface area contributed by atoms with Crippen LogP contribution in [0.1, 0.15) is 23.2 Å². The van der Waals surface area contributed by atoms with E-state index in [4.69, 9.17) is 5.73 Å². The Labute approximate surface area is 104 Å². The van der Waals surface area contributed by atoms with Crippen LogP contribution in [0.25, 0.3) is 0 Å². The Morgan fingerprint density at radius 2 is 1.84 bits per heavy atom. The van der Waals surface area contributed by atoms with Gasteiger partial charge < -0.3 is 5.73 Å². The quantitative estimate of drug-likeness (QED) is 0.818. The first-order valence-corrected chi connectivity index (χ1v) is 6.15. The summed E-state index contributed by atoms with van der Waals surface area (Å²) in [5.74, 6) is 0. The maximum atomic E-state index is 12.6. The molecule has 108 valence electrons. The fourth-order valence-corrected chi connectivity index (χ4v) is 2.04. The Morgan fingerprint density at radius 1 is 1.32 bits per heavy atom. The molecule has 5 nitrogen and oxygen atoms in total. The lowest BCUT2D eigenvalue weighted by Gasteiger charge is -2.15. The van der Waals surface area contributed by atoms with Gasteiger partial charge in [0.25, 0.3) is 16.4 Å². The van der Waals surface area contributed by atoms with E-state index in [0.29, 0.717) is 0 Å². The number of sulfonamides is 1. The normalized spacial score (nSPS) is 13.1.